The van der Waals surface area contributed by atoms with Crippen molar-refractivity contribution < 1.29 is 0 Å². The van der Waals surface area contributed by atoms with Gasteiger partial charge in [-0.1, -0.05) is 32.6 Å². The van der Waals surface area contributed by atoms with Crippen molar-refractivity contribution >= 4 is 0 Å². The lowest BCUT2D eigenvalue weighted by atomic mass is 10.0. The molecule has 0 bridgehead atoms. The van der Waals surface area contributed by atoms with E-state index in [0.29, 0.717) is 0 Å². The van der Waals surface area contributed by atoms with E-state index < -0.39 is 0 Å². The van der Waals surface area contributed by atoms with Crippen molar-refractivity contribution in [1.82, 2.24) is 10.2 Å². The molecule has 0 aromatic heterocycles. The summed E-state index contributed by atoms with van der Waals surface area (Å²) >= 11 is 0. The molecule has 2 atom stereocenters. The average molecular weight is 238 g/mol. The van der Waals surface area contributed by atoms with E-state index in [9.17, 15) is 0 Å². The highest BCUT2D eigenvalue weighted by molar-refractivity contribution is 4.88. The number of hydrogen-bond acceptors (Lipinski definition) is 2. The van der Waals surface area contributed by atoms with Crippen LogP contribution in [0.25, 0.3) is 0 Å². The van der Waals surface area contributed by atoms with E-state index in [0.717, 1.165) is 24.7 Å². The zero-order chi connectivity index (χ0) is 12.1. The lowest BCUT2D eigenvalue weighted by Gasteiger charge is -2.32. The van der Waals surface area contributed by atoms with Crippen LogP contribution in [0.5, 0.6) is 0 Å². The molecular weight excluding hydrogens is 208 g/mol. The van der Waals surface area contributed by atoms with Crippen molar-refractivity contribution in [3.63, 3.8) is 0 Å². The summed E-state index contributed by atoms with van der Waals surface area (Å²) in [6, 6.07) is 2.52. The molecule has 17 heavy (non-hydrogen) atoms. The number of nitrogens with zero attached hydrogens (tertiary/aromatic N) is 1. The standard InChI is InChI=1S/C15H30N2/c1-3-16-13-10-11-15(12-13)17(2)14-8-6-4-5-7-9-14/h13-16H,3-12H2,1-2H3. The highest BCUT2D eigenvalue weighted by Crippen LogP contribution is 2.29. The largest absolute Gasteiger partial charge is 0.314 e. The van der Waals surface area contributed by atoms with Crippen LogP contribution in [0.1, 0.15) is 64.7 Å². The normalized spacial score (nSPS) is 31.9. The summed E-state index contributed by atoms with van der Waals surface area (Å²) in [5.41, 5.74) is 0. The predicted octanol–water partition coefficient (Wildman–Crippen LogP) is 3.17. The third-order valence-electron chi connectivity index (χ3n) is 4.87. The van der Waals surface area contributed by atoms with Gasteiger partial charge >= 0.3 is 0 Å². The number of hydrogen-bond donors (Lipinski definition) is 1. The Morgan fingerprint density at radius 2 is 1.65 bits per heavy atom. The van der Waals surface area contributed by atoms with E-state index in [1.165, 1.54) is 57.8 Å². The van der Waals surface area contributed by atoms with Gasteiger partial charge in [-0.25, -0.2) is 0 Å². The number of nitrogens with one attached hydrogen (secondary N) is 1. The Morgan fingerprint density at radius 1 is 0.941 bits per heavy atom. The van der Waals surface area contributed by atoms with E-state index in [-0.39, 0.29) is 0 Å². The van der Waals surface area contributed by atoms with Gasteiger partial charge in [0.2, 0.25) is 0 Å². The molecule has 0 radical (unpaired) electrons. The smallest absolute Gasteiger partial charge is 0.0110 e. The van der Waals surface area contributed by atoms with Crippen LogP contribution in [0.2, 0.25) is 0 Å². The minimum atomic E-state index is 0.790. The van der Waals surface area contributed by atoms with E-state index in [2.05, 4.69) is 24.2 Å². The molecule has 0 amide bonds. The maximum absolute atomic E-state index is 3.62. The molecule has 0 aliphatic heterocycles. The maximum atomic E-state index is 3.62. The summed E-state index contributed by atoms with van der Waals surface area (Å²) in [6.07, 6.45) is 12.9. The third-order valence-corrected chi connectivity index (χ3v) is 4.87. The second-order valence-electron chi connectivity index (χ2n) is 6.03. The average Bonchev–Trinajstić information content (AvgIpc) is 2.64. The fourth-order valence-corrected chi connectivity index (χ4v) is 3.76. The summed E-state index contributed by atoms with van der Waals surface area (Å²) in [7, 11) is 2.38. The first-order valence-corrected chi connectivity index (χ1v) is 7.76. The summed E-state index contributed by atoms with van der Waals surface area (Å²) in [4.78, 5) is 2.72. The van der Waals surface area contributed by atoms with Crippen LogP contribution in [-0.4, -0.2) is 36.6 Å². The van der Waals surface area contributed by atoms with Gasteiger partial charge in [0.05, 0.1) is 0 Å². The molecule has 2 nitrogen and oxygen atoms in total. The topological polar surface area (TPSA) is 15.3 Å². The Bertz CT molecular complexity index is 209. The maximum Gasteiger partial charge on any atom is 0.0110 e. The van der Waals surface area contributed by atoms with Crippen LogP contribution in [0.4, 0.5) is 0 Å². The fourth-order valence-electron chi connectivity index (χ4n) is 3.76. The molecule has 2 unspecified atom stereocenters. The van der Waals surface area contributed by atoms with E-state index >= 15 is 0 Å². The van der Waals surface area contributed by atoms with Crippen molar-refractivity contribution in [3.8, 4) is 0 Å². The lowest BCUT2D eigenvalue weighted by Crippen LogP contribution is -2.39. The van der Waals surface area contributed by atoms with Gasteiger partial charge in [0, 0.05) is 18.1 Å². The summed E-state index contributed by atoms with van der Waals surface area (Å²) in [5, 5.41) is 3.62. The molecule has 0 aromatic rings. The van der Waals surface area contributed by atoms with Crippen molar-refractivity contribution in [3.05, 3.63) is 0 Å². The fraction of sp³-hybridized carbons (Fsp3) is 1.00. The second-order valence-corrected chi connectivity index (χ2v) is 6.03. The van der Waals surface area contributed by atoms with Gasteiger partial charge < -0.3 is 10.2 Å². The minimum absolute atomic E-state index is 0.790. The van der Waals surface area contributed by atoms with Gasteiger partial charge in [-0.15, -0.1) is 0 Å². The Labute approximate surface area is 107 Å². The van der Waals surface area contributed by atoms with Crippen molar-refractivity contribution in [1.29, 1.82) is 0 Å². The summed E-state index contributed by atoms with van der Waals surface area (Å²) in [5.74, 6) is 0. The predicted molar refractivity (Wildman–Crippen MR) is 74.4 cm³/mol. The molecule has 0 spiro atoms. The molecule has 2 rings (SSSR count). The highest BCUT2D eigenvalue weighted by Gasteiger charge is 2.30. The molecule has 1 N–H and O–H groups in total. The Balaban J connectivity index is 1.80. The molecule has 0 aromatic carbocycles. The van der Waals surface area contributed by atoms with Crippen LogP contribution >= 0.6 is 0 Å². The van der Waals surface area contributed by atoms with Gasteiger partial charge in [-0.05, 0) is 45.7 Å². The lowest BCUT2D eigenvalue weighted by molar-refractivity contribution is 0.157. The molecule has 100 valence electrons. The SMILES string of the molecule is CCNC1CCC(N(C)C2CCCCCC2)C1. The van der Waals surface area contributed by atoms with Crippen molar-refractivity contribution in [2.24, 2.45) is 0 Å². The van der Waals surface area contributed by atoms with E-state index in [1.54, 1.807) is 0 Å². The minimum Gasteiger partial charge on any atom is -0.314 e. The second kappa shape index (κ2) is 6.75. The molecule has 2 aliphatic carbocycles. The van der Waals surface area contributed by atoms with Crippen LogP contribution in [0.15, 0.2) is 0 Å². The van der Waals surface area contributed by atoms with Crippen molar-refractivity contribution in [2.45, 2.75) is 82.8 Å². The van der Waals surface area contributed by atoms with Crippen LogP contribution in [-0.2, 0) is 0 Å². The van der Waals surface area contributed by atoms with Crippen LogP contribution < -0.4 is 5.32 Å². The number of rotatable bonds is 4. The van der Waals surface area contributed by atoms with Crippen molar-refractivity contribution in [2.75, 3.05) is 13.6 Å². The molecular formula is C15H30N2. The Morgan fingerprint density at radius 3 is 2.29 bits per heavy atom. The Hall–Kier alpha value is -0.0800. The van der Waals surface area contributed by atoms with Gasteiger partial charge in [-0.3, -0.25) is 0 Å². The van der Waals surface area contributed by atoms with E-state index in [1.807, 2.05) is 0 Å². The van der Waals surface area contributed by atoms with Crippen LogP contribution in [0, 0.1) is 0 Å². The van der Waals surface area contributed by atoms with Gasteiger partial charge in [0.25, 0.3) is 0 Å². The molecule has 2 aliphatic rings. The van der Waals surface area contributed by atoms with Gasteiger partial charge in [0.1, 0.15) is 0 Å². The zero-order valence-electron chi connectivity index (χ0n) is 11.8. The summed E-state index contributed by atoms with van der Waals surface area (Å²) < 4.78 is 0. The quantitative estimate of drug-likeness (QED) is 0.757. The van der Waals surface area contributed by atoms with Crippen LogP contribution in [0.3, 0.4) is 0 Å². The summed E-state index contributed by atoms with van der Waals surface area (Å²) in [6.45, 7) is 3.35. The molecule has 2 fully saturated rings. The molecule has 2 saturated carbocycles. The third kappa shape index (κ3) is 3.69. The van der Waals surface area contributed by atoms with Gasteiger partial charge in [-0.2, -0.15) is 0 Å². The zero-order valence-corrected chi connectivity index (χ0v) is 11.8. The molecule has 2 heteroatoms. The first-order chi connectivity index (χ1) is 8.31. The first-order valence-electron chi connectivity index (χ1n) is 7.76. The monoisotopic (exact) mass is 238 g/mol. The molecule has 0 heterocycles. The van der Waals surface area contributed by atoms with E-state index in [4.69, 9.17) is 0 Å². The molecule has 0 saturated heterocycles. The Kier molecular flexibility index (Phi) is 5.30. The highest BCUT2D eigenvalue weighted by atomic mass is 15.2. The first kappa shape index (κ1) is 13.4. The van der Waals surface area contributed by atoms with Gasteiger partial charge in [0.15, 0.2) is 0 Å².